The monoisotopic (exact) mass is 140 g/mol. The van der Waals surface area contributed by atoms with Gasteiger partial charge in [0.25, 0.3) is 6.43 Å². The van der Waals surface area contributed by atoms with E-state index >= 15 is 0 Å². The molecule has 0 amide bonds. The molecule has 0 rings (SSSR count). The molecule has 0 bridgehead atoms. The van der Waals surface area contributed by atoms with Crippen LogP contribution >= 0.6 is 12.8 Å². The smallest absolute Gasteiger partial charge is 0.295 e. The van der Waals surface area contributed by atoms with Crippen LogP contribution in [0, 0.1) is 0 Å². The first-order valence-electron chi connectivity index (χ1n) is 1.87. The molecule has 0 heterocycles. The summed E-state index contributed by atoms with van der Waals surface area (Å²) >= 11 is 3.37. The molecule has 0 aliphatic heterocycles. The van der Waals surface area contributed by atoms with Crippen LogP contribution in [0.1, 0.15) is 0 Å². The van der Waals surface area contributed by atoms with E-state index < -0.39 is 12.3 Å². The average molecular weight is 140 g/mol. The normalized spacial score (nSPS) is 12.4. The van der Waals surface area contributed by atoms with Crippen molar-refractivity contribution < 1.29 is 8.78 Å². The molecule has 0 aromatic carbocycles. The Morgan fingerprint density at radius 2 is 2.25 bits per heavy atom. The lowest BCUT2D eigenvalue weighted by Crippen LogP contribution is -2.21. The van der Waals surface area contributed by atoms with Gasteiger partial charge < -0.3 is 4.72 Å². The number of alkyl halides is 2. The maximum absolute atomic E-state index is 11.5. The quantitative estimate of drug-likeness (QED) is 0.313. The molecular weight excluding hydrogens is 134 g/mol. The van der Waals surface area contributed by atoms with Gasteiger partial charge in [0.05, 0.1) is 0 Å². The number of nitrogens with one attached hydrogen (secondary N) is 1. The molecule has 0 aliphatic rings. The number of halogens is 2. The summed E-state index contributed by atoms with van der Waals surface area (Å²) in [5.74, 6) is -0.409. The highest BCUT2D eigenvalue weighted by atomic mass is 32.1. The highest BCUT2D eigenvalue weighted by Crippen LogP contribution is 1.92. The minimum atomic E-state index is -2.56. The van der Waals surface area contributed by atoms with Gasteiger partial charge in [-0.05, 0) is 0 Å². The van der Waals surface area contributed by atoms with Gasteiger partial charge in [-0.1, -0.05) is 12.8 Å². The minimum absolute atomic E-state index is 0.409. The number of rotatable bonds is 1. The molecule has 0 radical (unpaired) electrons. The average Bonchev–Trinajstić information content (AvgIpc) is 1.69. The predicted octanol–water partition coefficient (Wildman–Crippen LogP) is 0.714. The Kier molecular flexibility index (Phi) is 3.51. The van der Waals surface area contributed by atoms with Crippen LogP contribution < -0.4 is 4.72 Å². The van der Waals surface area contributed by atoms with Gasteiger partial charge in [-0.25, -0.2) is 8.78 Å². The van der Waals surface area contributed by atoms with Gasteiger partial charge in [0, 0.05) is 7.05 Å². The lowest BCUT2D eigenvalue weighted by atomic mass is 10.6. The largest absolute Gasteiger partial charge is 0.316 e. The van der Waals surface area contributed by atoms with Crippen molar-refractivity contribution in [1.82, 2.24) is 4.72 Å². The number of aliphatic imine (C=N–C) groups is 1. The Morgan fingerprint density at radius 1 is 1.75 bits per heavy atom. The zero-order valence-corrected chi connectivity index (χ0v) is 5.12. The Labute approximate surface area is 51.5 Å². The Morgan fingerprint density at radius 3 is 2.25 bits per heavy atom. The summed E-state index contributed by atoms with van der Waals surface area (Å²) in [6.07, 6.45) is -2.56. The van der Waals surface area contributed by atoms with Crippen molar-refractivity contribution in [2.45, 2.75) is 6.43 Å². The van der Waals surface area contributed by atoms with Crippen molar-refractivity contribution in [3.63, 3.8) is 0 Å². The van der Waals surface area contributed by atoms with E-state index in [1.54, 1.807) is 0 Å². The molecule has 0 atom stereocenters. The maximum Gasteiger partial charge on any atom is 0.295 e. The molecule has 0 aromatic heterocycles. The first-order chi connectivity index (χ1) is 3.72. The van der Waals surface area contributed by atoms with Crippen molar-refractivity contribution in [3.05, 3.63) is 0 Å². The second kappa shape index (κ2) is 3.65. The van der Waals surface area contributed by atoms with Crippen LogP contribution in [0.2, 0.25) is 0 Å². The minimum Gasteiger partial charge on any atom is -0.316 e. The zero-order chi connectivity index (χ0) is 6.57. The fourth-order valence-corrected chi connectivity index (χ4v) is 0.394. The summed E-state index contributed by atoms with van der Waals surface area (Å²) in [4.78, 5) is 3.19. The van der Waals surface area contributed by atoms with Crippen LogP contribution in [0.5, 0.6) is 0 Å². The summed E-state index contributed by atoms with van der Waals surface area (Å²) in [5, 5.41) is 0. The molecule has 1 N–H and O–H groups in total. The van der Waals surface area contributed by atoms with E-state index in [1.165, 1.54) is 7.05 Å². The molecule has 8 heavy (non-hydrogen) atoms. The molecular formula is C3H6F2N2S. The zero-order valence-electron chi connectivity index (χ0n) is 4.23. The van der Waals surface area contributed by atoms with Gasteiger partial charge in [-0.2, -0.15) is 0 Å². The summed E-state index contributed by atoms with van der Waals surface area (Å²) in [6.45, 7) is 0. The van der Waals surface area contributed by atoms with Crippen molar-refractivity contribution in [3.8, 4) is 0 Å². The van der Waals surface area contributed by atoms with E-state index in [0.717, 1.165) is 0 Å². The fraction of sp³-hybridized carbons (Fsp3) is 0.667. The van der Waals surface area contributed by atoms with Crippen molar-refractivity contribution in [2.24, 2.45) is 4.99 Å². The summed E-state index contributed by atoms with van der Waals surface area (Å²) in [5.41, 5.74) is 0. The molecule has 5 heteroatoms. The number of amidine groups is 1. The van der Waals surface area contributed by atoms with E-state index in [2.05, 4.69) is 17.8 Å². The topological polar surface area (TPSA) is 24.4 Å². The van der Waals surface area contributed by atoms with Gasteiger partial charge in [0.15, 0.2) is 5.84 Å². The van der Waals surface area contributed by atoms with Crippen LogP contribution in [0.25, 0.3) is 0 Å². The predicted molar refractivity (Wildman–Crippen MR) is 31.5 cm³/mol. The van der Waals surface area contributed by atoms with Gasteiger partial charge in [0.2, 0.25) is 0 Å². The van der Waals surface area contributed by atoms with Crippen LogP contribution in [0.4, 0.5) is 8.78 Å². The van der Waals surface area contributed by atoms with Gasteiger partial charge in [-0.3, -0.25) is 4.99 Å². The molecule has 0 spiro atoms. The number of thiol groups is 1. The third kappa shape index (κ3) is 2.11. The fourth-order valence-electron chi connectivity index (χ4n) is 0.196. The SMILES string of the molecule is CN=C(NS)C(F)F. The molecule has 2 nitrogen and oxygen atoms in total. The van der Waals surface area contributed by atoms with Crippen molar-refractivity contribution in [1.29, 1.82) is 0 Å². The highest BCUT2D eigenvalue weighted by molar-refractivity contribution is 7.78. The summed E-state index contributed by atoms with van der Waals surface area (Å²) < 4.78 is 24.9. The van der Waals surface area contributed by atoms with E-state index in [-0.39, 0.29) is 0 Å². The summed E-state index contributed by atoms with van der Waals surface area (Å²) in [7, 11) is 1.27. The van der Waals surface area contributed by atoms with Gasteiger partial charge >= 0.3 is 0 Å². The maximum atomic E-state index is 11.5. The number of hydrogen-bond acceptors (Lipinski definition) is 2. The summed E-state index contributed by atoms with van der Waals surface area (Å²) in [6, 6.07) is 0. The standard InChI is InChI=1S/C3H6F2N2S/c1-6-3(7-8)2(4)5/h2,8H,1H3,(H,6,7). The van der Waals surface area contributed by atoms with Crippen molar-refractivity contribution >= 4 is 18.7 Å². The Balaban J connectivity index is 3.72. The van der Waals surface area contributed by atoms with Crippen LogP contribution in [-0.4, -0.2) is 19.3 Å². The van der Waals surface area contributed by atoms with Gasteiger partial charge in [-0.15, -0.1) is 0 Å². The lowest BCUT2D eigenvalue weighted by molar-refractivity contribution is 0.223. The first kappa shape index (κ1) is 7.68. The number of hydrogen-bond donors (Lipinski definition) is 2. The van der Waals surface area contributed by atoms with E-state index in [4.69, 9.17) is 0 Å². The van der Waals surface area contributed by atoms with Crippen molar-refractivity contribution in [2.75, 3.05) is 7.05 Å². The molecule has 0 aromatic rings. The highest BCUT2D eigenvalue weighted by Gasteiger charge is 2.08. The first-order valence-corrected chi connectivity index (χ1v) is 2.32. The van der Waals surface area contributed by atoms with Gasteiger partial charge in [0.1, 0.15) is 0 Å². The second-order valence-electron chi connectivity index (χ2n) is 1.02. The van der Waals surface area contributed by atoms with E-state index in [0.29, 0.717) is 0 Å². The Hall–Kier alpha value is -0.320. The van der Waals surface area contributed by atoms with Crippen LogP contribution in [0.3, 0.4) is 0 Å². The van der Waals surface area contributed by atoms with E-state index in [9.17, 15) is 8.78 Å². The molecule has 0 saturated carbocycles. The third-order valence-electron chi connectivity index (χ3n) is 0.562. The van der Waals surface area contributed by atoms with Crippen LogP contribution in [0.15, 0.2) is 4.99 Å². The molecule has 0 fully saturated rings. The second-order valence-corrected chi connectivity index (χ2v) is 1.24. The van der Waals surface area contributed by atoms with E-state index in [1.807, 2.05) is 4.72 Å². The molecule has 0 saturated heterocycles. The molecule has 0 unspecified atom stereocenters. The number of nitrogens with zero attached hydrogens (tertiary/aromatic N) is 1. The lowest BCUT2D eigenvalue weighted by Gasteiger charge is -1.98. The Bertz CT molecular complexity index is 93.3. The molecule has 0 aliphatic carbocycles. The van der Waals surface area contributed by atoms with Crippen LogP contribution in [-0.2, 0) is 0 Å². The molecule has 48 valence electrons. The third-order valence-corrected chi connectivity index (χ3v) is 0.791.